The molecule has 4 heteroatoms. The molecule has 3 rings (SSSR count). The minimum absolute atomic E-state index is 0.0895. The molecule has 0 saturated carbocycles. The Morgan fingerprint density at radius 3 is 2.63 bits per heavy atom. The van der Waals surface area contributed by atoms with E-state index in [1.165, 1.54) is 0 Å². The van der Waals surface area contributed by atoms with Crippen LogP contribution in [0.1, 0.15) is 0 Å². The molecule has 98 valence electrons. The number of anilines is 1. The Hall–Kier alpha value is -2.07. The molecular formula is C15H16N2O2. The molecule has 1 aliphatic rings. The first-order chi connectivity index (χ1) is 9.26. The maximum absolute atomic E-state index is 11.9. The Morgan fingerprint density at radius 1 is 1.21 bits per heavy atom. The second-order valence-corrected chi connectivity index (χ2v) is 4.77. The zero-order valence-corrected chi connectivity index (χ0v) is 10.8. The predicted molar refractivity (Wildman–Crippen MR) is 75.5 cm³/mol. The third kappa shape index (κ3) is 2.39. The summed E-state index contributed by atoms with van der Waals surface area (Å²) in [6.45, 7) is 1.55. The number of benzene rings is 2. The number of amides is 1. The molecule has 0 bridgehead atoms. The molecule has 1 aliphatic heterocycles. The maximum Gasteiger partial charge on any atom is 0.230 e. The Morgan fingerprint density at radius 2 is 1.95 bits per heavy atom. The third-order valence-corrected chi connectivity index (χ3v) is 3.47. The van der Waals surface area contributed by atoms with Crippen LogP contribution in [-0.4, -0.2) is 26.1 Å². The number of methoxy groups -OCH3 is 1. The fraction of sp³-hybridized carbons (Fsp3) is 0.267. The van der Waals surface area contributed by atoms with E-state index in [4.69, 9.17) is 4.74 Å². The van der Waals surface area contributed by atoms with Crippen LogP contribution in [-0.2, 0) is 4.79 Å². The van der Waals surface area contributed by atoms with Crippen molar-refractivity contribution in [2.24, 2.45) is 5.92 Å². The lowest BCUT2D eigenvalue weighted by Crippen LogP contribution is -2.48. The van der Waals surface area contributed by atoms with E-state index in [2.05, 4.69) is 10.6 Å². The zero-order valence-electron chi connectivity index (χ0n) is 10.8. The van der Waals surface area contributed by atoms with Crippen molar-refractivity contribution in [1.29, 1.82) is 0 Å². The highest BCUT2D eigenvalue weighted by molar-refractivity contribution is 5.96. The quantitative estimate of drug-likeness (QED) is 0.883. The average Bonchev–Trinajstić information content (AvgIpc) is 2.36. The molecule has 2 aromatic rings. The Bertz CT molecular complexity index is 621. The van der Waals surface area contributed by atoms with Crippen molar-refractivity contribution in [3.63, 3.8) is 0 Å². The van der Waals surface area contributed by atoms with Crippen LogP contribution in [0, 0.1) is 5.92 Å². The van der Waals surface area contributed by atoms with E-state index in [-0.39, 0.29) is 11.8 Å². The number of carbonyl (C=O) groups excluding carboxylic acids is 1. The van der Waals surface area contributed by atoms with Gasteiger partial charge in [-0.05, 0) is 35.0 Å². The van der Waals surface area contributed by atoms with Gasteiger partial charge in [-0.25, -0.2) is 0 Å². The van der Waals surface area contributed by atoms with Crippen LogP contribution < -0.4 is 15.4 Å². The molecule has 1 fully saturated rings. The standard InChI is InChI=1S/C15H16N2O2/c1-19-14-5-3-10-6-13(4-2-11(10)7-14)17-15(18)12-8-16-9-12/h2-7,12,16H,8-9H2,1H3,(H,17,18). The number of carbonyl (C=O) groups is 1. The van der Waals surface area contributed by atoms with Crippen LogP contribution in [0.4, 0.5) is 5.69 Å². The highest BCUT2D eigenvalue weighted by Crippen LogP contribution is 2.24. The largest absolute Gasteiger partial charge is 0.497 e. The van der Waals surface area contributed by atoms with Gasteiger partial charge >= 0.3 is 0 Å². The van der Waals surface area contributed by atoms with Gasteiger partial charge in [0.1, 0.15) is 5.75 Å². The first-order valence-electron chi connectivity index (χ1n) is 6.35. The number of ether oxygens (including phenoxy) is 1. The van der Waals surface area contributed by atoms with Gasteiger partial charge in [0.25, 0.3) is 0 Å². The van der Waals surface area contributed by atoms with Crippen LogP contribution in [0.5, 0.6) is 5.75 Å². The minimum Gasteiger partial charge on any atom is -0.497 e. The molecule has 1 heterocycles. The lowest BCUT2D eigenvalue weighted by molar-refractivity contribution is -0.121. The van der Waals surface area contributed by atoms with Gasteiger partial charge in [0.2, 0.25) is 5.91 Å². The van der Waals surface area contributed by atoms with Gasteiger partial charge in [0, 0.05) is 18.8 Å². The van der Waals surface area contributed by atoms with E-state index < -0.39 is 0 Å². The summed E-state index contributed by atoms with van der Waals surface area (Å²) in [5, 5.41) is 8.24. The van der Waals surface area contributed by atoms with Gasteiger partial charge in [0.15, 0.2) is 0 Å². The van der Waals surface area contributed by atoms with Crippen LogP contribution in [0.25, 0.3) is 10.8 Å². The van der Waals surface area contributed by atoms with Gasteiger partial charge in [0.05, 0.1) is 13.0 Å². The van der Waals surface area contributed by atoms with E-state index in [1.807, 2.05) is 36.4 Å². The predicted octanol–water partition coefficient (Wildman–Crippen LogP) is 2.01. The SMILES string of the molecule is COc1ccc2cc(NC(=O)C3CNC3)ccc2c1. The van der Waals surface area contributed by atoms with Crippen molar-refractivity contribution >= 4 is 22.4 Å². The van der Waals surface area contributed by atoms with E-state index in [9.17, 15) is 4.79 Å². The van der Waals surface area contributed by atoms with Crippen molar-refractivity contribution in [3.05, 3.63) is 36.4 Å². The summed E-state index contributed by atoms with van der Waals surface area (Å²) in [6.07, 6.45) is 0. The number of nitrogens with one attached hydrogen (secondary N) is 2. The summed E-state index contributed by atoms with van der Waals surface area (Å²) in [4.78, 5) is 11.9. The van der Waals surface area contributed by atoms with Gasteiger partial charge in [-0.15, -0.1) is 0 Å². The molecule has 0 radical (unpaired) electrons. The van der Waals surface area contributed by atoms with Crippen molar-refractivity contribution in [2.45, 2.75) is 0 Å². The molecule has 4 nitrogen and oxygen atoms in total. The first kappa shape index (κ1) is 12.0. The van der Waals surface area contributed by atoms with Crippen molar-refractivity contribution in [3.8, 4) is 5.75 Å². The molecule has 1 amide bonds. The summed E-state index contributed by atoms with van der Waals surface area (Å²) >= 11 is 0. The molecule has 2 N–H and O–H groups in total. The maximum atomic E-state index is 11.9. The minimum atomic E-state index is 0.0895. The fourth-order valence-corrected chi connectivity index (χ4v) is 2.15. The Labute approximate surface area is 111 Å². The highest BCUT2D eigenvalue weighted by Gasteiger charge is 2.24. The van der Waals surface area contributed by atoms with E-state index >= 15 is 0 Å². The highest BCUT2D eigenvalue weighted by atomic mass is 16.5. The average molecular weight is 256 g/mol. The third-order valence-electron chi connectivity index (χ3n) is 3.47. The summed E-state index contributed by atoms with van der Waals surface area (Å²) in [7, 11) is 1.66. The molecule has 1 saturated heterocycles. The van der Waals surface area contributed by atoms with Crippen LogP contribution in [0.2, 0.25) is 0 Å². The van der Waals surface area contributed by atoms with E-state index in [1.54, 1.807) is 7.11 Å². The monoisotopic (exact) mass is 256 g/mol. The smallest absolute Gasteiger partial charge is 0.230 e. The van der Waals surface area contributed by atoms with Crippen molar-refractivity contribution in [1.82, 2.24) is 5.32 Å². The number of fused-ring (bicyclic) bond motifs is 1. The van der Waals surface area contributed by atoms with Gasteiger partial charge in [-0.1, -0.05) is 12.1 Å². The summed E-state index contributed by atoms with van der Waals surface area (Å²) < 4.78 is 5.19. The molecule has 0 aliphatic carbocycles. The lowest BCUT2D eigenvalue weighted by Gasteiger charge is -2.25. The van der Waals surface area contributed by atoms with Gasteiger partial charge < -0.3 is 15.4 Å². The number of hydrogen-bond donors (Lipinski definition) is 2. The summed E-state index contributed by atoms with van der Waals surface area (Å²) in [5.74, 6) is 1.03. The normalized spacial score (nSPS) is 15.0. The zero-order chi connectivity index (χ0) is 13.2. The Balaban J connectivity index is 1.82. The summed E-state index contributed by atoms with van der Waals surface area (Å²) in [5.41, 5.74) is 0.842. The van der Waals surface area contributed by atoms with E-state index in [0.717, 1.165) is 35.3 Å². The van der Waals surface area contributed by atoms with Crippen LogP contribution in [0.3, 0.4) is 0 Å². The van der Waals surface area contributed by atoms with Crippen molar-refractivity contribution < 1.29 is 9.53 Å². The molecule has 0 aromatic heterocycles. The number of hydrogen-bond acceptors (Lipinski definition) is 3. The van der Waals surface area contributed by atoms with Crippen molar-refractivity contribution in [2.75, 3.05) is 25.5 Å². The number of rotatable bonds is 3. The summed E-state index contributed by atoms with van der Waals surface area (Å²) in [6, 6.07) is 11.8. The molecular weight excluding hydrogens is 240 g/mol. The second kappa shape index (κ2) is 4.90. The Kier molecular flexibility index (Phi) is 3.09. The van der Waals surface area contributed by atoms with E-state index in [0.29, 0.717) is 0 Å². The lowest BCUT2D eigenvalue weighted by atomic mass is 10.0. The van der Waals surface area contributed by atoms with Crippen LogP contribution >= 0.6 is 0 Å². The topological polar surface area (TPSA) is 50.4 Å². The van der Waals surface area contributed by atoms with Gasteiger partial charge in [-0.2, -0.15) is 0 Å². The van der Waals surface area contributed by atoms with Gasteiger partial charge in [-0.3, -0.25) is 4.79 Å². The molecule has 0 unspecified atom stereocenters. The molecule has 19 heavy (non-hydrogen) atoms. The molecule has 0 spiro atoms. The first-order valence-corrected chi connectivity index (χ1v) is 6.35. The molecule has 2 aromatic carbocycles. The van der Waals surface area contributed by atoms with Crippen LogP contribution in [0.15, 0.2) is 36.4 Å². The molecule has 0 atom stereocenters. The fourth-order valence-electron chi connectivity index (χ4n) is 2.15. The second-order valence-electron chi connectivity index (χ2n) is 4.77.